The third-order valence-corrected chi connectivity index (χ3v) is 6.06. The number of nitrogens with one attached hydrogen (secondary N) is 1. The number of carbonyl (C=O) groups excluding carboxylic acids is 2. The zero-order valence-electron chi connectivity index (χ0n) is 18.0. The number of benzene rings is 2. The number of carbonyl (C=O) groups is 2. The van der Waals surface area contributed by atoms with Crippen molar-refractivity contribution in [3.63, 3.8) is 0 Å². The van der Waals surface area contributed by atoms with Gasteiger partial charge in [-0.05, 0) is 42.3 Å². The smallest absolute Gasteiger partial charge is 0.234 e. The molecule has 8 heteroatoms. The molecular formula is C23H27N3O4S. The average Bonchev–Trinajstić information content (AvgIpc) is 2.80. The lowest BCUT2D eigenvalue weighted by Gasteiger charge is -2.32. The van der Waals surface area contributed by atoms with Gasteiger partial charge < -0.3 is 14.8 Å². The number of methoxy groups -OCH3 is 2. The zero-order valence-corrected chi connectivity index (χ0v) is 18.8. The molecule has 31 heavy (non-hydrogen) atoms. The van der Waals surface area contributed by atoms with Gasteiger partial charge >= 0.3 is 0 Å². The molecule has 0 spiro atoms. The van der Waals surface area contributed by atoms with Gasteiger partial charge in [-0.25, -0.2) is 0 Å². The summed E-state index contributed by atoms with van der Waals surface area (Å²) in [5.41, 5.74) is 1.95. The molecule has 7 nitrogen and oxygen atoms in total. The molecule has 1 aliphatic rings. The maximum atomic E-state index is 13.0. The Bertz CT molecular complexity index is 929. The Hall–Kier alpha value is -3.00. The number of amidine groups is 1. The van der Waals surface area contributed by atoms with Crippen LogP contribution in [0.15, 0.2) is 53.5 Å². The predicted molar refractivity (Wildman–Crippen MR) is 122 cm³/mol. The monoisotopic (exact) mass is 441 g/mol. The van der Waals surface area contributed by atoms with Crippen LogP contribution in [-0.4, -0.2) is 47.9 Å². The highest BCUT2D eigenvalue weighted by atomic mass is 32.2. The van der Waals surface area contributed by atoms with Gasteiger partial charge in [-0.2, -0.15) is 0 Å². The van der Waals surface area contributed by atoms with Crippen LogP contribution in [0.2, 0.25) is 0 Å². The summed E-state index contributed by atoms with van der Waals surface area (Å²) in [5.74, 6) is 1.28. The Kier molecular flexibility index (Phi) is 7.94. The van der Waals surface area contributed by atoms with E-state index in [9.17, 15) is 9.59 Å². The lowest BCUT2D eigenvalue weighted by atomic mass is 10.2. The average molecular weight is 442 g/mol. The minimum Gasteiger partial charge on any atom is -0.497 e. The summed E-state index contributed by atoms with van der Waals surface area (Å²) in [4.78, 5) is 31.7. The number of hydrogen-bond acceptors (Lipinski definition) is 6. The summed E-state index contributed by atoms with van der Waals surface area (Å²) < 4.78 is 10.4. The van der Waals surface area contributed by atoms with Gasteiger partial charge in [-0.1, -0.05) is 36.0 Å². The van der Waals surface area contributed by atoms with E-state index >= 15 is 0 Å². The van der Waals surface area contributed by atoms with Crippen molar-refractivity contribution in [3.05, 3.63) is 59.7 Å². The molecule has 2 aromatic carbocycles. The van der Waals surface area contributed by atoms with Crippen LogP contribution in [0.3, 0.4) is 0 Å². The number of aliphatic imine (C=N–C) groups is 1. The van der Waals surface area contributed by atoms with E-state index in [0.29, 0.717) is 24.8 Å². The van der Waals surface area contributed by atoms with E-state index in [2.05, 4.69) is 5.32 Å². The van der Waals surface area contributed by atoms with E-state index in [0.717, 1.165) is 22.6 Å². The van der Waals surface area contributed by atoms with Crippen molar-refractivity contribution < 1.29 is 19.1 Å². The quantitative estimate of drug-likeness (QED) is 0.680. The van der Waals surface area contributed by atoms with Crippen molar-refractivity contribution in [2.45, 2.75) is 31.7 Å². The van der Waals surface area contributed by atoms with Crippen LogP contribution in [0.5, 0.6) is 11.5 Å². The molecule has 164 valence electrons. The molecular weight excluding hydrogens is 414 g/mol. The highest BCUT2D eigenvalue weighted by Gasteiger charge is 2.35. The molecule has 0 saturated carbocycles. The minimum atomic E-state index is -0.478. The van der Waals surface area contributed by atoms with E-state index in [1.165, 1.54) is 11.8 Å². The number of rotatable bonds is 8. The van der Waals surface area contributed by atoms with Gasteiger partial charge in [-0.15, -0.1) is 0 Å². The fraction of sp³-hybridized carbons (Fsp3) is 0.348. The normalized spacial score (nSPS) is 17.5. The third kappa shape index (κ3) is 6.01. The lowest BCUT2D eigenvalue weighted by molar-refractivity contribution is -0.130. The maximum absolute atomic E-state index is 13.0. The molecule has 2 amide bonds. The molecule has 3 rings (SSSR count). The van der Waals surface area contributed by atoms with Gasteiger partial charge in [0.05, 0.1) is 32.6 Å². The highest BCUT2D eigenvalue weighted by Crippen LogP contribution is 2.29. The minimum absolute atomic E-state index is 0.112. The first kappa shape index (κ1) is 22.7. The largest absolute Gasteiger partial charge is 0.497 e. The first-order valence-electron chi connectivity index (χ1n) is 10.1. The van der Waals surface area contributed by atoms with Crippen LogP contribution in [0, 0.1) is 0 Å². The van der Waals surface area contributed by atoms with E-state index in [4.69, 9.17) is 14.5 Å². The second-order valence-electron chi connectivity index (χ2n) is 6.98. The number of thioether (sulfide) groups is 1. The number of ether oxygens (including phenoxy) is 2. The molecule has 1 N–H and O–H groups in total. The van der Waals surface area contributed by atoms with Crippen molar-refractivity contribution in [3.8, 4) is 11.5 Å². The summed E-state index contributed by atoms with van der Waals surface area (Å²) in [6, 6.07) is 15.2. The van der Waals surface area contributed by atoms with Gasteiger partial charge in [0.15, 0.2) is 5.17 Å². The molecule has 0 aliphatic carbocycles. The van der Waals surface area contributed by atoms with Gasteiger partial charge in [0.2, 0.25) is 11.8 Å². The fourth-order valence-corrected chi connectivity index (χ4v) is 4.23. The molecule has 0 radical (unpaired) electrons. The Morgan fingerprint density at radius 2 is 1.65 bits per heavy atom. The Balaban J connectivity index is 1.82. The van der Waals surface area contributed by atoms with Crippen LogP contribution >= 0.6 is 11.8 Å². The second-order valence-corrected chi connectivity index (χ2v) is 8.15. The van der Waals surface area contributed by atoms with Crippen LogP contribution in [0.4, 0.5) is 0 Å². The summed E-state index contributed by atoms with van der Waals surface area (Å²) in [5, 5.41) is 2.88. The third-order valence-electron chi connectivity index (χ3n) is 4.84. The van der Waals surface area contributed by atoms with Crippen molar-refractivity contribution in [2.75, 3.05) is 20.8 Å². The molecule has 1 fully saturated rings. The van der Waals surface area contributed by atoms with Crippen molar-refractivity contribution in [1.82, 2.24) is 10.2 Å². The fourth-order valence-electron chi connectivity index (χ4n) is 3.12. The van der Waals surface area contributed by atoms with Gasteiger partial charge in [-0.3, -0.25) is 19.5 Å². The van der Waals surface area contributed by atoms with Crippen LogP contribution in [0.1, 0.15) is 24.5 Å². The molecule has 2 aromatic rings. The summed E-state index contributed by atoms with van der Waals surface area (Å²) >= 11 is 1.34. The number of nitrogens with zero attached hydrogens (tertiary/aromatic N) is 2. The Morgan fingerprint density at radius 1 is 1.06 bits per heavy atom. The molecule has 1 aliphatic heterocycles. The molecule has 0 aromatic heterocycles. The topological polar surface area (TPSA) is 80.2 Å². The SMILES string of the molecule is CCNC(=O)C1CC(=O)N(Cc2ccc(OC)cc2)C(=NCc2ccc(OC)cc2)S1. The van der Waals surface area contributed by atoms with Gasteiger partial charge in [0.25, 0.3) is 0 Å². The molecule has 1 saturated heterocycles. The van der Waals surface area contributed by atoms with Gasteiger partial charge in [0.1, 0.15) is 11.5 Å². The predicted octanol–water partition coefficient (Wildman–Crippen LogP) is 3.23. The van der Waals surface area contributed by atoms with E-state index in [-0.39, 0.29) is 18.2 Å². The number of amides is 2. The van der Waals surface area contributed by atoms with E-state index in [1.807, 2.05) is 55.5 Å². The lowest BCUT2D eigenvalue weighted by Crippen LogP contribution is -2.46. The van der Waals surface area contributed by atoms with Crippen molar-refractivity contribution in [2.24, 2.45) is 4.99 Å². The first-order chi connectivity index (χ1) is 15.0. The van der Waals surface area contributed by atoms with Crippen LogP contribution < -0.4 is 14.8 Å². The standard InChI is InChI=1S/C23H27N3O4S/c1-4-24-22(28)20-13-21(27)26(15-17-7-11-19(30-3)12-8-17)23(31-20)25-14-16-5-9-18(29-2)10-6-16/h5-12,20H,4,13-15H2,1-3H3,(H,24,28). The van der Waals surface area contributed by atoms with Crippen LogP contribution in [0.25, 0.3) is 0 Å². The summed E-state index contributed by atoms with van der Waals surface area (Å²) in [6.07, 6.45) is 0.147. The highest BCUT2D eigenvalue weighted by molar-refractivity contribution is 8.15. The zero-order chi connectivity index (χ0) is 22.2. The van der Waals surface area contributed by atoms with Gasteiger partial charge in [0, 0.05) is 13.0 Å². The van der Waals surface area contributed by atoms with Crippen molar-refractivity contribution in [1.29, 1.82) is 0 Å². The van der Waals surface area contributed by atoms with E-state index in [1.54, 1.807) is 19.1 Å². The second kappa shape index (κ2) is 10.9. The molecule has 1 unspecified atom stereocenters. The summed E-state index contributed by atoms with van der Waals surface area (Å²) in [7, 11) is 3.24. The molecule has 1 heterocycles. The Labute approximate surface area is 186 Å². The van der Waals surface area contributed by atoms with E-state index < -0.39 is 5.25 Å². The van der Waals surface area contributed by atoms with Crippen molar-refractivity contribution >= 4 is 28.7 Å². The Morgan fingerprint density at radius 3 is 2.19 bits per heavy atom. The summed E-state index contributed by atoms with van der Waals surface area (Å²) in [6.45, 7) is 3.18. The first-order valence-corrected chi connectivity index (χ1v) is 11.0. The van der Waals surface area contributed by atoms with Crippen LogP contribution in [-0.2, 0) is 22.7 Å². The molecule has 1 atom stereocenters. The number of hydrogen-bond donors (Lipinski definition) is 1. The molecule has 0 bridgehead atoms. The maximum Gasteiger partial charge on any atom is 0.234 e.